The molecule has 8 heteroatoms. The smallest absolute Gasteiger partial charge is 0.424 e. The first kappa shape index (κ1) is 18.4. The van der Waals surface area contributed by atoms with E-state index >= 15 is 0 Å². The number of hydrogen-bond acceptors (Lipinski definition) is 6. The quantitative estimate of drug-likeness (QED) is 0.771. The lowest BCUT2D eigenvalue weighted by molar-refractivity contribution is -0.145. The molecular weight excluding hydrogens is 334 g/mol. The number of amides is 1. The number of rotatable bonds is 4. The van der Waals surface area contributed by atoms with Crippen molar-refractivity contribution in [3.63, 3.8) is 0 Å². The zero-order valence-corrected chi connectivity index (χ0v) is 14.7. The Morgan fingerprint density at radius 3 is 2.58 bits per heavy atom. The van der Waals surface area contributed by atoms with Crippen molar-refractivity contribution < 1.29 is 27.5 Å². The number of esters is 1. The number of benzene rings is 1. The van der Waals surface area contributed by atoms with Gasteiger partial charge in [0.25, 0.3) is 11.3 Å². The van der Waals surface area contributed by atoms with E-state index in [1.54, 1.807) is 20.8 Å². The number of ether oxygens (including phenoxy) is 2. The molecule has 0 saturated carbocycles. The zero-order chi connectivity index (χ0) is 17.7. The molecule has 0 radical (unpaired) electrons. The molecule has 1 amide bonds. The molecule has 1 aromatic rings. The Morgan fingerprint density at radius 1 is 1.29 bits per heavy atom. The van der Waals surface area contributed by atoms with Crippen LogP contribution in [0.3, 0.4) is 0 Å². The Bertz CT molecular complexity index is 613. The number of carbonyl (C=O) groups excluding carboxylic acids is 2. The second-order valence-electron chi connectivity index (χ2n) is 6.31. The van der Waals surface area contributed by atoms with E-state index in [9.17, 15) is 13.8 Å². The van der Waals surface area contributed by atoms with Crippen LogP contribution < -0.4 is 0 Å². The van der Waals surface area contributed by atoms with Gasteiger partial charge in [-0.25, -0.2) is 9.00 Å². The number of carbonyl (C=O) groups is 2. The van der Waals surface area contributed by atoms with Crippen LogP contribution in [0.5, 0.6) is 0 Å². The van der Waals surface area contributed by atoms with Crippen LogP contribution in [0.25, 0.3) is 0 Å². The predicted molar refractivity (Wildman–Crippen MR) is 86.8 cm³/mol. The van der Waals surface area contributed by atoms with Gasteiger partial charge in [0.1, 0.15) is 12.2 Å². The third-order valence-electron chi connectivity index (χ3n) is 3.07. The van der Waals surface area contributed by atoms with Crippen molar-refractivity contribution in [2.75, 3.05) is 6.61 Å². The summed E-state index contributed by atoms with van der Waals surface area (Å²) in [7, 11) is 0. The van der Waals surface area contributed by atoms with Crippen LogP contribution in [0.2, 0.25) is 0 Å². The standard InChI is InChI=1S/C16H21NO6S/c1-16(2,3)23-15(19)17-13(11-22-24(17)20)9-14(18)21-10-12-7-5-4-6-8-12/h4-8,13H,9-11H2,1-3H3/t13-,24?/m1/s1. The lowest BCUT2D eigenvalue weighted by Gasteiger charge is -2.25. The molecule has 1 fully saturated rings. The minimum Gasteiger partial charge on any atom is -0.461 e. The van der Waals surface area contributed by atoms with Crippen molar-refractivity contribution in [1.29, 1.82) is 0 Å². The van der Waals surface area contributed by atoms with E-state index in [4.69, 9.17) is 13.7 Å². The Balaban J connectivity index is 1.91. The summed E-state index contributed by atoms with van der Waals surface area (Å²) >= 11 is -1.96. The van der Waals surface area contributed by atoms with Gasteiger partial charge in [-0.2, -0.15) is 4.31 Å². The molecule has 7 nitrogen and oxygen atoms in total. The highest BCUT2D eigenvalue weighted by molar-refractivity contribution is 7.78. The number of hydrogen-bond donors (Lipinski definition) is 0. The summed E-state index contributed by atoms with van der Waals surface area (Å²) in [4.78, 5) is 24.1. The van der Waals surface area contributed by atoms with Gasteiger partial charge in [0.05, 0.1) is 19.1 Å². The summed E-state index contributed by atoms with van der Waals surface area (Å²) in [6.07, 6.45) is -0.892. The Labute approximate surface area is 143 Å². The van der Waals surface area contributed by atoms with Crippen LogP contribution in [0.4, 0.5) is 4.79 Å². The molecule has 0 bridgehead atoms. The molecule has 1 saturated heterocycles. The molecule has 24 heavy (non-hydrogen) atoms. The van der Waals surface area contributed by atoms with Gasteiger partial charge in [0.15, 0.2) is 0 Å². The van der Waals surface area contributed by atoms with E-state index in [2.05, 4.69) is 0 Å². The highest BCUT2D eigenvalue weighted by atomic mass is 32.2. The molecule has 0 spiro atoms. The average molecular weight is 355 g/mol. The highest BCUT2D eigenvalue weighted by Crippen LogP contribution is 2.22. The fourth-order valence-corrected chi connectivity index (χ4v) is 2.96. The minimum atomic E-state index is -1.96. The summed E-state index contributed by atoms with van der Waals surface area (Å²) in [6, 6.07) is 8.57. The third kappa shape index (κ3) is 5.31. The molecule has 0 aliphatic carbocycles. The first-order chi connectivity index (χ1) is 11.3. The Hall–Kier alpha value is -1.93. The largest absolute Gasteiger partial charge is 0.461 e. The maximum Gasteiger partial charge on any atom is 0.424 e. The molecule has 0 aromatic heterocycles. The molecule has 2 atom stereocenters. The first-order valence-electron chi connectivity index (χ1n) is 7.53. The molecule has 1 aliphatic rings. The number of nitrogens with zero attached hydrogens (tertiary/aromatic N) is 1. The van der Waals surface area contributed by atoms with Crippen LogP contribution in [0, 0.1) is 0 Å². The minimum absolute atomic E-state index is 0.00765. The van der Waals surface area contributed by atoms with Crippen molar-refractivity contribution in [3.05, 3.63) is 35.9 Å². The van der Waals surface area contributed by atoms with E-state index < -0.39 is 35.0 Å². The second kappa shape index (κ2) is 7.76. The van der Waals surface area contributed by atoms with Crippen molar-refractivity contribution in [2.45, 2.75) is 45.4 Å². The average Bonchev–Trinajstić information content (AvgIpc) is 2.85. The van der Waals surface area contributed by atoms with E-state index in [1.165, 1.54) is 0 Å². The topological polar surface area (TPSA) is 82.1 Å². The lowest BCUT2D eigenvalue weighted by Crippen LogP contribution is -2.41. The van der Waals surface area contributed by atoms with E-state index in [0.29, 0.717) is 0 Å². The van der Waals surface area contributed by atoms with Gasteiger partial charge in [-0.05, 0) is 26.3 Å². The molecule has 132 valence electrons. The van der Waals surface area contributed by atoms with Gasteiger partial charge in [-0.1, -0.05) is 30.3 Å². The normalized spacial score (nSPS) is 20.7. The maximum atomic E-state index is 12.1. The van der Waals surface area contributed by atoms with Gasteiger partial charge >= 0.3 is 12.1 Å². The summed E-state index contributed by atoms with van der Waals surface area (Å²) in [5.74, 6) is -0.500. The molecule has 2 rings (SSSR count). The SMILES string of the molecule is CC(C)(C)OC(=O)N1[C@H](CC(=O)OCc2ccccc2)COS1=O. The molecular formula is C16H21NO6S. The van der Waals surface area contributed by atoms with Crippen LogP contribution in [0.15, 0.2) is 30.3 Å². The fourth-order valence-electron chi connectivity index (χ4n) is 2.03. The van der Waals surface area contributed by atoms with Gasteiger partial charge in [-0.3, -0.25) is 8.98 Å². The van der Waals surface area contributed by atoms with E-state index in [1.807, 2.05) is 30.3 Å². The Morgan fingerprint density at radius 2 is 1.96 bits per heavy atom. The molecule has 0 N–H and O–H groups in total. The predicted octanol–water partition coefficient (Wildman–Crippen LogP) is 2.33. The van der Waals surface area contributed by atoms with E-state index in [-0.39, 0.29) is 19.6 Å². The van der Waals surface area contributed by atoms with Gasteiger partial charge in [0, 0.05) is 0 Å². The van der Waals surface area contributed by atoms with Crippen molar-refractivity contribution in [3.8, 4) is 0 Å². The molecule has 1 unspecified atom stereocenters. The monoisotopic (exact) mass is 355 g/mol. The summed E-state index contributed by atoms with van der Waals surface area (Å²) in [5.41, 5.74) is 0.128. The summed E-state index contributed by atoms with van der Waals surface area (Å²) in [6.45, 7) is 5.24. The molecule has 1 aliphatic heterocycles. The lowest BCUT2D eigenvalue weighted by atomic mass is 10.2. The molecule has 1 heterocycles. The first-order valence-corrected chi connectivity index (χ1v) is 8.56. The van der Waals surface area contributed by atoms with Crippen LogP contribution in [0.1, 0.15) is 32.8 Å². The van der Waals surface area contributed by atoms with Gasteiger partial charge < -0.3 is 9.47 Å². The Kier molecular flexibility index (Phi) is 5.95. The molecule has 1 aromatic carbocycles. The fraction of sp³-hybridized carbons (Fsp3) is 0.500. The van der Waals surface area contributed by atoms with Crippen molar-refractivity contribution >= 4 is 23.3 Å². The second-order valence-corrected chi connectivity index (χ2v) is 7.38. The van der Waals surface area contributed by atoms with Crippen LogP contribution in [-0.4, -0.2) is 38.8 Å². The highest BCUT2D eigenvalue weighted by Gasteiger charge is 2.40. The zero-order valence-electron chi connectivity index (χ0n) is 13.9. The summed E-state index contributed by atoms with van der Waals surface area (Å²) < 4.78 is 28.1. The van der Waals surface area contributed by atoms with Crippen molar-refractivity contribution in [1.82, 2.24) is 4.31 Å². The third-order valence-corrected chi connectivity index (χ3v) is 4.18. The van der Waals surface area contributed by atoms with E-state index in [0.717, 1.165) is 9.87 Å². The maximum absolute atomic E-state index is 12.1. The van der Waals surface area contributed by atoms with Crippen LogP contribution >= 0.6 is 0 Å². The van der Waals surface area contributed by atoms with Gasteiger partial charge in [0.2, 0.25) is 0 Å². The summed E-state index contributed by atoms with van der Waals surface area (Å²) in [5, 5.41) is 0. The van der Waals surface area contributed by atoms with Gasteiger partial charge in [-0.15, -0.1) is 0 Å². The van der Waals surface area contributed by atoms with Crippen molar-refractivity contribution in [2.24, 2.45) is 0 Å². The van der Waals surface area contributed by atoms with Crippen LogP contribution in [-0.2, 0) is 36.3 Å².